The molecule has 0 saturated carbocycles. The first-order chi connectivity index (χ1) is 8.28. The summed E-state index contributed by atoms with van der Waals surface area (Å²) in [5, 5.41) is 2.83. The van der Waals surface area contributed by atoms with Gasteiger partial charge in [0.15, 0.2) is 0 Å². The maximum Gasteiger partial charge on any atom is 0.251 e. The molecular formula is C14H19BrFNO. The summed E-state index contributed by atoms with van der Waals surface area (Å²) in [6.07, 6.45) is 0.969. The Morgan fingerprint density at radius 3 is 2.39 bits per heavy atom. The third-order valence-electron chi connectivity index (χ3n) is 2.42. The summed E-state index contributed by atoms with van der Waals surface area (Å²) in [6.45, 7) is 7.03. The Kier molecular flexibility index (Phi) is 5.32. The Labute approximate surface area is 116 Å². The van der Waals surface area contributed by atoms with Crippen LogP contribution < -0.4 is 5.32 Å². The lowest BCUT2D eigenvalue weighted by Gasteiger charge is -2.22. The molecule has 1 aromatic rings. The van der Waals surface area contributed by atoms with Gasteiger partial charge in [0.25, 0.3) is 5.91 Å². The van der Waals surface area contributed by atoms with E-state index in [2.05, 4.69) is 42.0 Å². The van der Waals surface area contributed by atoms with Gasteiger partial charge in [0, 0.05) is 16.9 Å². The van der Waals surface area contributed by atoms with Crippen LogP contribution in [0.1, 0.15) is 37.6 Å². The van der Waals surface area contributed by atoms with Crippen molar-refractivity contribution in [2.24, 2.45) is 5.41 Å². The highest BCUT2D eigenvalue weighted by molar-refractivity contribution is 9.09. The van der Waals surface area contributed by atoms with E-state index < -0.39 is 0 Å². The summed E-state index contributed by atoms with van der Waals surface area (Å²) < 4.78 is 12.7. The van der Waals surface area contributed by atoms with Crippen molar-refractivity contribution in [3.63, 3.8) is 0 Å². The molecule has 18 heavy (non-hydrogen) atoms. The van der Waals surface area contributed by atoms with Gasteiger partial charge < -0.3 is 5.32 Å². The molecular weight excluding hydrogens is 297 g/mol. The molecule has 0 aliphatic heterocycles. The first-order valence-electron chi connectivity index (χ1n) is 5.96. The molecule has 0 aromatic heterocycles. The zero-order chi connectivity index (χ0) is 13.8. The van der Waals surface area contributed by atoms with E-state index in [0.29, 0.717) is 12.1 Å². The lowest BCUT2D eigenvalue weighted by atomic mass is 9.90. The first-order valence-corrected chi connectivity index (χ1v) is 6.87. The van der Waals surface area contributed by atoms with E-state index >= 15 is 0 Å². The van der Waals surface area contributed by atoms with Gasteiger partial charge in [-0.2, -0.15) is 0 Å². The molecule has 0 aliphatic rings. The van der Waals surface area contributed by atoms with Crippen molar-refractivity contribution in [1.82, 2.24) is 5.32 Å². The molecule has 0 radical (unpaired) electrons. The number of carbonyl (C=O) groups is 1. The fourth-order valence-electron chi connectivity index (χ4n) is 1.64. The quantitative estimate of drug-likeness (QED) is 0.842. The minimum absolute atomic E-state index is 0.173. The minimum Gasteiger partial charge on any atom is -0.351 e. The molecule has 1 amide bonds. The SMILES string of the molecule is CC(C)(C)CC(Br)CNC(=O)c1ccc(F)cc1. The Bertz CT molecular complexity index is 397. The minimum atomic E-state index is -0.336. The lowest BCUT2D eigenvalue weighted by Crippen LogP contribution is -2.31. The fraction of sp³-hybridized carbons (Fsp3) is 0.500. The first kappa shape index (κ1) is 15.2. The van der Waals surface area contributed by atoms with Crippen LogP contribution in [0.5, 0.6) is 0 Å². The number of benzene rings is 1. The van der Waals surface area contributed by atoms with Gasteiger partial charge in [0.1, 0.15) is 5.82 Å². The molecule has 1 aromatic carbocycles. The Balaban J connectivity index is 2.44. The molecule has 1 atom stereocenters. The molecule has 0 saturated heterocycles. The van der Waals surface area contributed by atoms with Crippen LogP contribution in [0.25, 0.3) is 0 Å². The van der Waals surface area contributed by atoms with Gasteiger partial charge in [-0.05, 0) is 36.1 Å². The van der Waals surface area contributed by atoms with Crippen molar-refractivity contribution >= 4 is 21.8 Å². The summed E-state index contributed by atoms with van der Waals surface area (Å²) in [5.41, 5.74) is 0.696. The third kappa shape index (κ3) is 5.63. The number of nitrogens with one attached hydrogen (secondary N) is 1. The third-order valence-corrected chi connectivity index (χ3v) is 3.07. The van der Waals surface area contributed by atoms with Crippen LogP contribution in [0.4, 0.5) is 4.39 Å². The molecule has 1 unspecified atom stereocenters. The van der Waals surface area contributed by atoms with Crippen LogP contribution in [0.3, 0.4) is 0 Å². The van der Waals surface area contributed by atoms with Crippen LogP contribution in [0.2, 0.25) is 0 Å². The smallest absolute Gasteiger partial charge is 0.251 e. The van der Waals surface area contributed by atoms with Gasteiger partial charge in [-0.3, -0.25) is 4.79 Å². The second-order valence-corrected chi connectivity index (χ2v) is 6.87. The largest absolute Gasteiger partial charge is 0.351 e. The summed E-state index contributed by atoms with van der Waals surface area (Å²) in [5.74, 6) is -0.508. The van der Waals surface area contributed by atoms with Gasteiger partial charge >= 0.3 is 0 Å². The number of alkyl halides is 1. The maximum absolute atomic E-state index is 12.7. The molecule has 4 heteroatoms. The molecule has 0 heterocycles. The average Bonchev–Trinajstić information content (AvgIpc) is 2.24. The van der Waals surface area contributed by atoms with E-state index in [1.54, 1.807) is 0 Å². The molecule has 0 aliphatic carbocycles. The molecule has 1 rings (SSSR count). The summed E-state index contributed by atoms with van der Waals surface area (Å²) in [4.78, 5) is 12.0. The van der Waals surface area contributed by atoms with E-state index in [0.717, 1.165) is 6.42 Å². The van der Waals surface area contributed by atoms with Gasteiger partial charge in [0.05, 0.1) is 0 Å². The zero-order valence-corrected chi connectivity index (χ0v) is 12.6. The average molecular weight is 316 g/mol. The van der Waals surface area contributed by atoms with Crippen molar-refractivity contribution in [3.8, 4) is 0 Å². The van der Waals surface area contributed by atoms with E-state index in [1.165, 1.54) is 24.3 Å². The number of halogens is 2. The Morgan fingerprint density at radius 1 is 1.33 bits per heavy atom. The van der Waals surface area contributed by atoms with Gasteiger partial charge in [-0.1, -0.05) is 36.7 Å². The van der Waals surface area contributed by atoms with E-state index in [-0.39, 0.29) is 22.0 Å². The van der Waals surface area contributed by atoms with E-state index in [1.807, 2.05) is 0 Å². The van der Waals surface area contributed by atoms with Gasteiger partial charge in [-0.25, -0.2) is 4.39 Å². The van der Waals surface area contributed by atoms with Crippen LogP contribution in [0.15, 0.2) is 24.3 Å². The molecule has 100 valence electrons. The van der Waals surface area contributed by atoms with Crippen molar-refractivity contribution in [2.75, 3.05) is 6.54 Å². The molecule has 0 spiro atoms. The van der Waals surface area contributed by atoms with Crippen LogP contribution in [0, 0.1) is 11.2 Å². The molecule has 1 N–H and O–H groups in total. The topological polar surface area (TPSA) is 29.1 Å². The predicted octanol–water partition coefficient (Wildman–Crippen LogP) is 3.76. The lowest BCUT2D eigenvalue weighted by molar-refractivity contribution is 0.0952. The number of hydrogen-bond donors (Lipinski definition) is 1. The normalized spacial score (nSPS) is 13.2. The molecule has 0 bridgehead atoms. The summed E-state index contributed by atoms with van der Waals surface area (Å²) in [6, 6.07) is 5.54. The second-order valence-electron chi connectivity index (χ2n) is 5.58. The van der Waals surface area contributed by atoms with Crippen molar-refractivity contribution in [3.05, 3.63) is 35.6 Å². The Morgan fingerprint density at radius 2 is 1.89 bits per heavy atom. The monoisotopic (exact) mass is 315 g/mol. The number of amides is 1. The number of hydrogen-bond acceptors (Lipinski definition) is 1. The molecule has 2 nitrogen and oxygen atoms in total. The van der Waals surface area contributed by atoms with Crippen molar-refractivity contribution in [2.45, 2.75) is 32.0 Å². The fourth-order valence-corrected chi connectivity index (χ4v) is 2.78. The number of carbonyl (C=O) groups excluding carboxylic acids is 1. The van der Waals surface area contributed by atoms with Gasteiger partial charge in [-0.15, -0.1) is 0 Å². The maximum atomic E-state index is 12.7. The highest BCUT2D eigenvalue weighted by Gasteiger charge is 2.17. The Hall–Kier alpha value is -0.900. The summed E-state index contributed by atoms with van der Waals surface area (Å²) >= 11 is 3.55. The highest BCUT2D eigenvalue weighted by atomic mass is 79.9. The predicted molar refractivity (Wildman–Crippen MR) is 75.5 cm³/mol. The highest BCUT2D eigenvalue weighted by Crippen LogP contribution is 2.24. The standard InChI is InChI=1S/C14H19BrFNO/c1-14(2,3)8-11(15)9-17-13(18)10-4-6-12(16)7-5-10/h4-7,11H,8-9H2,1-3H3,(H,17,18). The zero-order valence-electron chi connectivity index (χ0n) is 11.0. The second kappa shape index (κ2) is 6.32. The summed E-state index contributed by atoms with van der Waals surface area (Å²) in [7, 11) is 0. The van der Waals surface area contributed by atoms with Crippen molar-refractivity contribution in [1.29, 1.82) is 0 Å². The van der Waals surface area contributed by atoms with Gasteiger partial charge in [0.2, 0.25) is 0 Å². The number of rotatable bonds is 4. The van der Waals surface area contributed by atoms with E-state index in [4.69, 9.17) is 0 Å². The van der Waals surface area contributed by atoms with Crippen LogP contribution in [-0.2, 0) is 0 Å². The molecule has 0 fully saturated rings. The van der Waals surface area contributed by atoms with Crippen LogP contribution >= 0.6 is 15.9 Å². The van der Waals surface area contributed by atoms with Crippen molar-refractivity contribution < 1.29 is 9.18 Å². The van der Waals surface area contributed by atoms with Crippen LogP contribution in [-0.4, -0.2) is 17.3 Å². The van der Waals surface area contributed by atoms with E-state index in [9.17, 15) is 9.18 Å².